The first-order valence-electron chi connectivity index (χ1n) is 7.11. The fraction of sp³-hybridized carbons (Fsp3) is 0.625. The molecule has 0 bridgehead atoms. The van der Waals surface area contributed by atoms with Crippen molar-refractivity contribution in [2.45, 2.75) is 52.1 Å². The van der Waals surface area contributed by atoms with E-state index < -0.39 is 0 Å². The Kier molecular flexibility index (Phi) is 4.79. The lowest BCUT2D eigenvalue weighted by molar-refractivity contribution is 0.144. The molecule has 0 unspecified atom stereocenters. The summed E-state index contributed by atoms with van der Waals surface area (Å²) in [5, 5.41) is 9.26. The molecule has 0 aromatic heterocycles. The molecule has 2 rings (SSSR count). The zero-order valence-electron chi connectivity index (χ0n) is 11.7. The first-order chi connectivity index (χ1) is 8.70. The van der Waals surface area contributed by atoms with Crippen LogP contribution in [0.2, 0.25) is 0 Å². The highest BCUT2D eigenvalue weighted by molar-refractivity contribution is 5.30. The van der Waals surface area contributed by atoms with E-state index in [4.69, 9.17) is 0 Å². The van der Waals surface area contributed by atoms with Gasteiger partial charge in [0.2, 0.25) is 0 Å². The summed E-state index contributed by atoms with van der Waals surface area (Å²) >= 11 is 0. The van der Waals surface area contributed by atoms with Crippen molar-refractivity contribution in [2.24, 2.45) is 0 Å². The summed E-state index contributed by atoms with van der Waals surface area (Å²) in [6.45, 7) is 6.38. The van der Waals surface area contributed by atoms with Crippen molar-refractivity contribution in [3.8, 4) is 0 Å². The highest BCUT2D eigenvalue weighted by Gasteiger charge is 2.22. The summed E-state index contributed by atoms with van der Waals surface area (Å²) in [5.74, 6) is 0. The fourth-order valence-corrected chi connectivity index (χ4v) is 2.98. The molecular weight excluding hydrogens is 222 g/mol. The molecule has 1 aliphatic rings. The lowest BCUT2D eigenvalue weighted by Gasteiger charge is -2.28. The van der Waals surface area contributed by atoms with E-state index in [2.05, 4.69) is 36.9 Å². The lowest BCUT2D eigenvalue weighted by Crippen LogP contribution is -2.35. The van der Waals surface area contributed by atoms with E-state index in [1.165, 1.54) is 42.4 Å². The largest absolute Gasteiger partial charge is 0.395 e. The van der Waals surface area contributed by atoms with Crippen LogP contribution >= 0.6 is 0 Å². The van der Waals surface area contributed by atoms with Gasteiger partial charge in [-0.3, -0.25) is 4.90 Å². The van der Waals surface area contributed by atoms with Crippen molar-refractivity contribution in [2.75, 3.05) is 13.2 Å². The van der Waals surface area contributed by atoms with Crippen LogP contribution in [0.4, 0.5) is 0 Å². The Labute approximate surface area is 111 Å². The topological polar surface area (TPSA) is 23.5 Å². The van der Waals surface area contributed by atoms with E-state index in [-0.39, 0.29) is 6.61 Å². The Bertz CT molecular complexity index is 383. The van der Waals surface area contributed by atoms with Gasteiger partial charge in [-0.2, -0.15) is 0 Å². The molecule has 0 spiro atoms. The van der Waals surface area contributed by atoms with Crippen molar-refractivity contribution >= 4 is 0 Å². The summed E-state index contributed by atoms with van der Waals surface area (Å²) < 4.78 is 0. The predicted molar refractivity (Wildman–Crippen MR) is 75.7 cm³/mol. The van der Waals surface area contributed by atoms with Gasteiger partial charge in [-0.15, -0.1) is 0 Å². The van der Waals surface area contributed by atoms with Gasteiger partial charge < -0.3 is 5.11 Å². The third-order valence-corrected chi connectivity index (χ3v) is 4.11. The predicted octanol–water partition coefficient (Wildman–Crippen LogP) is 3.04. The van der Waals surface area contributed by atoms with Gasteiger partial charge in [-0.25, -0.2) is 0 Å². The average Bonchev–Trinajstić information content (AvgIpc) is 2.87. The van der Waals surface area contributed by atoms with Crippen LogP contribution in [-0.2, 0) is 6.54 Å². The standard InChI is InChI=1S/C16H25NO/c1-13-7-8-14(2)15(11-13)12-17(9-10-18)16-5-3-4-6-16/h7-8,11,16,18H,3-6,9-10,12H2,1-2H3. The van der Waals surface area contributed by atoms with Crippen LogP contribution < -0.4 is 0 Å². The van der Waals surface area contributed by atoms with Gasteiger partial charge in [0.05, 0.1) is 6.61 Å². The molecule has 2 nitrogen and oxygen atoms in total. The maximum absolute atomic E-state index is 9.26. The first-order valence-corrected chi connectivity index (χ1v) is 7.11. The molecule has 0 heterocycles. The molecule has 1 N–H and O–H groups in total. The Balaban J connectivity index is 2.09. The Hall–Kier alpha value is -0.860. The van der Waals surface area contributed by atoms with Crippen LogP contribution in [0.1, 0.15) is 42.4 Å². The van der Waals surface area contributed by atoms with Gasteiger partial charge in [0, 0.05) is 19.1 Å². The smallest absolute Gasteiger partial charge is 0.0558 e. The molecule has 0 radical (unpaired) electrons. The van der Waals surface area contributed by atoms with Crippen molar-refractivity contribution in [3.63, 3.8) is 0 Å². The minimum absolute atomic E-state index is 0.265. The van der Waals surface area contributed by atoms with Gasteiger partial charge in [0.15, 0.2) is 0 Å². The van der Waals surface area contributed by atoms with Gasteiger partial charge >= 0.3 is 0 Å². The Morgan fingerprint density at radius 3 is 2.61 bits per heavy atom. The minimum atomic E-state index is 0.265. The summed E-state index contributed by atoms with van der Waals surface area (Å²) in [4.78, 5) is 2.47. The molecule has 0 saturated heterocycles. The van der Waals surface area contributed by atoms with Crippen molar-refractivity contribution in [3.05, 3.63) is 34.9 Å². The fourth-order valence-electron chi connectivity index (χ4n) is 2.98. The number of rotatable bonds is 5. The van der Waals surface area contributed by atoms with Crippen LogP contribution in [0.25, 0.3) is 0 Å². The molecule has 1 aromatic rings. The van der Waals surface area contributed by atoms with E-state index in [0.717, 1.165) is 13.1 Å². The van der Waals surface area contributed by atoms with Crippen molar-refractivity contribution in [1.29, 1.82) is 0 Å². The monoisotopic (exact) mass is 247 g/mol. The molecular formula is C16H25NO. The maximum atomic E-state index is 9.26. The maximum Gasteiger partial charge on any atom is 0.0558 e. The third-order valence-electron chi connectivity index (χ3n) is 4.11. The number of hydrogen-bond donors (Lipinski definition) is 1. The Morgan fingerprint density at radius 2 is 1.94 bits per heavy atom. The summed E-state index contributed by atoms with van der Waals surface area (Å²) in [7, 11) is 0. The molecule has 0 atom stereocenters. The number of aryl methyl sites for hydroxylation is 2. The summed E-state index contributed by atoms with van der Waals surface area (Å²) in [5.41, 5.74) is 4.10. The van der Waals surface area contributed by atoms with Crippen molar-refractivity contribution < 1.29 is 5.11 Å². The number of aliphatic hydroxyl groups excluding tert-OH is 1. The van der Waals surface area contributed by atoms with E-state index in [0.29, 0.717) is 6.04 Å². The normalized spacial score (nSPS) is 16.7. The van der Waals surface area contributed by atoms with E-state index in [1.54, 1.807) is 0 Å². The molecule has 100 valence electrons. The molecule has 2 heteroatoms. The summed E-state index contributed by atoms with van der Waals surface area (Å²) in [6.07, 6.45) is 5.29. The van der Waals surface area contributed by atoms with Crippen LogP contribution in [-0.4, -0.2) is 29.2 Å². The summed E-state index contributed by atoms with van der Waals surface area (Å²) in [6, 6.07) is 7.34. The highest BCUT2D eigenvalue weighted by Crippen LogP contribution is 2.25. The number of benzene rings is 1. The van der Waals surface area contributed by atoms with E-state index in [9.17, 15) is 5.11 Å². The number of hydrogen-bond acceptors (Lipinski definition) is 2. The zero-order valence-corrected chi connectivity index (χ0v) is 11.7. The quantitative estimate of drug-likeness (QED) is 0.864. The molecule has 1 fully saturated rings. The second-order valence-electron chi connectivity index (χ2n) is 5.56. The van der Waals surface area contributed by atoms with Gasteiger partial charge in [0.1, 0.15) is 0 Å². The Morgan fingerprint density at radius 1 is 1.22 bits per heavy atom. The molecule has 18 heavy (non-hydrogen) atoms. The van der Waals surface area contributed by atoms with Crippen LogP contribution in [0, 0.1) is 13.8 Å². The second-order valence-corrected chi connectivity index (χ2v) is 5.56. The molecule has 1 aromatic carbocycles. The van der Waals surface area contributed by atoms with Crippen LogP contribution in [0.15, 0.2) is 18.2 Å². The van der Waals surface area contributed by atoms with E-state index in [1.807, 2.05) is 0 Å². The van der Waals surface area contributed by atoms with Crippen molar-refractivity contribution in [1.82, 2.24) is 4.90 Å². The number of aliphatic hydroxyl groups is 1. The molecule has 0 amide bonds. The van der Waals surface area contributed by atoms with Gasteiger partial charge in [-0.05, 0) is 37.8 Å². The molecule has 1 aliphatic carbocycles. The average molecular weight is 247 g/mol. The van der Waals surface area contributed by atoms with Crippen LogP contribution in [0.3, 0.4) is 0 Å². The minimum Gasteiger partial charge on any atom is -0.395 e. The van der Waals surface area contributed by atoms with Gasteiger partial charge in [-0.1, -0.05) is 36.6 Å². The lowest BCUT2D eigenvalue weighted by atomic mass is 10.0. The SMILES string of the molecule is Cc1ccc(C)c(CN(CCO)C2CCCC2)c1. The second kappa shape index (κ2) is 6.35. The van der Waals surface area contributed by atoms with Crippen LogP contribution in [0.5, 0.6) is 0 Å². The number of nitrogens with zero attached hydrogens (tertiary/aromatic N) is 1. The first kappa shape index (κ1) is 13.6. The van der Waals surface area contributed by atoms with Gasteiger partial charge in [0.25, 0.3) is 0 Å². The van der Waals surface area contributed by atoms with E-state index >= 15 is 0 Å². The highest BCUT2D eigenvalue weighted by atomic mass is 16.3. The third kappa shape index (κ3) is 3.33. The molecule has 0 aliphatic heterocycles. The zero-order chi connectivity index (χ0) is 13.0. The molecule has 1 saturated carbocycles.